The third kappa shape index (κ3) is 4.33. The van der Waals surface area contributed by atoms with Crippen LogP contribution in [0.15, 0.2) is 0 Å². The Kier molecular flexibility index (Phi) is 5.98. The largest absolute Gasteiger partial charge is 0.393 e. The summed E-state index contributed by atoms with van der Waals surface area (Å²) in [4.78, 5) is 11.0. The van der Waals surface area contributed by atoms with Crippen LogP contribution in [0.3, 0.4) is 0 Å². The molecule has 0 bridgehead atoms. The third-order valence-electron chi connectivity index (χ3n) is 3.02. The molecule has 0 spiro atoms. The summed E-state index contributed by atoms with van der Waals surface area (Å²) in [5, 5.41) is 9.37. The Balaban J connectivity index is 2.99. The Labute approximate surface area is 115 Å². The lowest BCUT2D eigenvalue weighted by Gasteiger charge is -2.22. The highest BCUT2D eigenvalue weighted by Crippen LogP contribution is 2.22. The van der Waals surface area contributed by atoms with Gasteiger partial charge in [0.1, 0.15) is 17.5 Å². The second kappa shape index (κ2) is 7.25. The summed E-state index contributed by atoms with van der Waals surface area (Å²) in [5.74, 6) is 7.83. The van der Waals surface area contributed by atoms with E-state index in [2.05, 4.69) is 22.3 Å². The van der Waals surface area contributed by atoms with Crippen LogP contribution in [0.1, 0.15) is 38.1 Å². The molecule has 0 aromatic carbocycles. The van der Waals surface area contributed by atoms with Crippen LogP contribution < -0.4 is 16.2 Å². The van der Waals surface area contributed by atoms with E-state index in [-0.39, 0.29) is 6.10 Å². The van der Waals surface area contributed by atoms with Crippen molar-refractivity contribution in [2.24, 2.45) is 5.84 Å². The fraction of sp³-hybridized carbons (Fsp3) is 0.692. The van der Waals surface area contributed by atoms with Gasteiger partial charge >= 0.3 is 0 Å². The van der Waals surface area contributed by atoms with Gasteiger partial charge in [0.25, 0.3) is 0 Å². The summed E-state index contributed by atoms with van der Waals surface area (Å²) >= 11 is 0. The van der Waals surface area contributed by atoms with E-state index in [1.807, 2.05) is 18.9 Å². The zero-order valence-electron chi connectivity index (χ0n) is 12.3. The van der Waals surface area contributed by atoms with E-state index in [0.717, 1.165) is 36.6 Å². The first-order valence-electron chi connectivity index (χ1n) is 6.72. The molecule has 0 amide bonds. The fourth-order valence-corrected chi connectivity index (χ4v) is 1.88. The Morgan fingerprint density at radius 3 is 2.63 bits per heavy atom. The molecule has 19 heavy (non-hydrogen) atoms. The first-order valence-corrected chi connectivity index (χ1v) is 6.72. The maximum absolute atomic E-state index is 9.37. The average molecular weight is 267 g/mol. The third-order valence-corrected chi connectivity index (χ3v) is 3.02. The molecule has 1 aromatic rings. The lowest BCUT2D eigenvalue weighted by molar-refractivity contribution is 0.187. The van der Waals surface area contributed by atoms with E-state index < -0.39 is 0 Å². The van der Waals surface area contributed by atoms with Crippen molar-refractivity contribution in [3.8, 4) is 0 Å². The number of hydrogen-bond donors (Lipinski definition) is 3. The van der Waals surface area contributed by atoms with Crippen LogP contribution in [-0.2, 0) is 6.42 Å². The number of rotatable bonds is 7. The molecule has 0 fully saturated rings. The molecule has 0 saturated heterocycles. The lowest BCUT2D eigenvalue weighted by Crippen LogP contribution is -2.25. The number of aromatic nitrogens is 2. The zero-order valence-corrected chi connectivity index (χ0v) is 12.3. The van der Waals surface area contributed by atoms with Gasteiger partial charge in [0.05, 0.1) is 6.10 Å². The van der Waals surface area contributed by atoms with Gasteiger partial charge in [0.2, 0.25) is 0 Å². The lowest BCUT2D eigenvalue weighted by atomic mass is 10.2. The van der Waals surface area contributed by atoms with Crippen molar-refractivity contribution in [3.05, 3.63) is 11.4 Å². The van der Waals surface area contributed by atoms with Crippen molar-refractivity contribution in [3.63, 3.8) is 0 Å². The molecule has 1 unspecified atom stereocenters. The summed E-state index contributed by atoms with van der Waals surface area (Å²) in [7, 11) is 1.97. The number of nitrogen functional groups attached to an aromatic ring is 1. The van der Waals surface area contributed by atoms with Gasteiger partial charge in [-0.25, -0.2) is 15.8 Å². The van der Waals surface area contributed by atoms with E-state index in [1.54, 1.807) is 6.92 Å². The molecule has 1 heterocycles. The van der Waals surface area contributed by atoms with Gasteiger partial charge in [0.15, 0.2) is 0 Å². The molecule has 108 valence electrons. The van der Waals surface area contributed by atoms with Gasteiger partial charge in [-0.15, -0.1) is 0 Å². The summed E-state index contributed by atoms with van der Waals surface area (Å²) in [5.41, 5.74) is 3.55. The minimum absolute atomic E-state index is 0.313. The number of aliphatic hydroxyl groups excluding tert-OH is 1. The van der Waals surface area contributed by atoms with Crippen LogP contribution in [0.5, 0.6) is 0 Å². The van der Waals surface area contributed by atoms with Gasteiger partial charge in [-0.05, 0) is 26.7 Å². The molecule has 1 aromatic heterocycles. The molecule has 0 saturated carbocycles. The van der Waals surface area contributed by atoms with Gasteiger partial charge in [-0.1, -0.05) is 6.92 Å². The van der Waals surface area contributed by atoms with Crippen LogP contribution in [0.2, 0.25) is 0 Å². The highest BCUT2D eigenvalue weighted by atomic mass is 16.3. The number of aliphatic hydroxyl groups is 1. The van der Waals surface area contributed by atoms with E-state index >= 15 is 0 Å². The predicted octanol–water partition coefficient (Wildman–Crippen LogP) is 1.23. The van der Waals surface area contributed by atoms with Gasteiger partial charge in [0, 0.05) is 25.6 Å². The second-order valence-electron chi connectivity index (χ2n) is 4.89. The highest BCUT2D eigenvalue weighted by Gasteiger charge is 2.14. The topological polar surface area (TPSA) is 87.3 Å². The maximum atomic E-state index is 9.37. The van der Waals surface area contributed by atoms with Crippen molar-refractivity contribution in [1.82, 2.24) is 9.97 Å². The number of hydrazine groups is 1. The molecular weight excluding hydrogens is 242 g/mol. The van der Waals surface area contributed by atoms with Crippen LogP contribution in [0.25, 0.3) is 0 Å². The standard InChI is InChI=1S/C13H25N5O/c1-5-6-11-15-12(17-14)10(3)13(16-11)18(4)8-7-9(2)19/h9,19H,5-8,14H2,1-4H3,(H,15,16,17). The number of anilines is 2. The molecule has 4 N–H and O–H groups in total. The number of hydrogen-bond acceptors (Lipinski definition) is 6. The predicted molar refractivity (Wildman–Crippen MR) is 78.1 cm³/mol. The summed E-state index contributed by atoms with van der Waals surface area (Å²) < 4.78 is 0. The van der Waals surface area contributed by atoms with Crippen molar-refractivity contribution < 1.29 is 5.11 Å². The molecular formula is C13H25N5O. The Morgan fingerprint density at radius 1 is 1.42 bits per heavy atom. The number of nitrogens with zero attached hydrogens (tertiary/aromatic N) is 3. The monoisotopic (exact) mass is 267 g/mol. The van der Waals surface area contributed by atoms with Crippen molar-refractivity contribution in [2.75, 3.05) is 23.9 Å². The fourth-order valence-electron chi connectivity index (χ4n) is 1.88. The Bertz CT molecular complexity index is 408. The molecule has 0 aliphatic carbocycles. The van der Waals surface area contributed by atoms with Gasteiger partial charge in [-0.2, -0.15) is 0 Å². The average Bonchev–Trinajstić information content (AvgIpc) is 2.38. The highest BCUT2D eigenvalue weighted by molar-refractivity contribution is 5.57. The van der Waals surface area contributed by atoms with E-state index in [0.29, 0.717) is 12.2 Å². The van der Waals surface area contributed by atoms with E-state index in [4.69, 9.17) is 5.84 Å². The second-order valence-corrected chi connectivity index (χ2v) is 4.89. The smallest absolute Gasteiger partial charge is 0.148 e. The van der Waals surface area contributed by atoms with Crippen LogP contribution >= 0.6 is 0 Å². The molecule has 1 atom stereocenters. The van der Waals surface area contributed by atoms with Crippen molar-refractivity contribution in [2.45, 2.75) is 46.1 Å². The molecule has 0 aliphatic rings. The molecule has 0 aliphatic heterocycles. The van der Waals surface area contributed by atoms with E-state index in [1.165, 1.54) is 0 Å². The maximum Gasteiger partial charge on any atom is 0.148 e. The molecule has 1 rings (SSSR count). The first kappa shape index (κ1) is 15.7. The molecule has 6 nitrogen and oxygen atoms in total. The van der Waals surface area contributed by atoms with Gasteiger partial charge < -0.3 is 15.4 Å². The number of nitrogens with one attached hydrogen (secondary N) is 1. The van der Waals surface area contributed by atoms with Crippen LogP contribution in [-0.4, -0.2) is 34.8 Å². The van der Waals surface area contributed by atoms with Crippen LogP contribution in [0, 0.1) is 6.92 Å². The minimum atomic E-state index is -0.313. The van der Waals surface area contributed by atoms with Gasteiger partial charge in [-0.3, -0.25) is 0 Å². The quantitative estimate of drug-likeness (QED) is 0.509. The normalized spacial score (nSPS) is 12.3. The molecule has 6 heteroatoms. The van der Waals surface area contributed by atoms with E-state index in [9.17, 15) is 5.11 Å². The minimum Gasteiger partial charge on any atom is -0.393 e. The Morgan fingerprint density at radius 2 is 2.11 bits per heavy atom. The zero-order chi connectivity index (χ0) is 14.4. The van der Waals surface area contributed by atoms with Crippen molar-refractivity contribution in [1.29, 1.82) is 0 Å². The van der Waals surface area contributed by atoms with Crippen molar-refractivity contribution >= 4 is 11.6 Å². The SMILES string of the molecule is CCCc1nc(NN)c(C)c(N(C)CCC(C)O)n1. The summed E-state index contributed by atoms with van der Waals surface area (Å²) in [6.07, 6.45) is 2.21. The number of nitrogens with two attached hydrogens (primary N) is 1. The Hall–Kier alpha value is -1.40. The molecule has 0 radical (unpaired) electrons. The van der Waals surface area contributed by atoms with Crippen LogP contribution in [0.4, 0.5) is 11.6 Å². The number of aryl methyl sites for hydroxylation is 1. The summed E-state index contributed by atoms with van der Waals surface area (Å²) in [6, 6.07) is 0. The summed E-state index contributed by atoms with van der Waals surface area (Å²) in [6.45, 7) is 6.57. The first-order chi connectivity index (χ1) is 8.99.